The molecule has 6 heteroatoms. The number of hydrogen-bond acceptors (Lipinski definition) is 4. The molecule has 0 aliphatic carbocycles. The SMILES string of the molecule is CCC(C)N(CC(=O)O)C(=O)Cc1csc(-c2ccccc2)n1. The second-order valence-corrected chi connectivity index (χ2v) is 6.22. The van der Waals surface area contributed by atoms with Gasteiger partial charge < -0.3 is 10.0 Å². The number of amides is 1. The molecule has 0 radical (unpaired) electrons. The molecule has 5 nitrogen and oxygen atoms in total. The first kappa shape index (κ1) is 17.1. The third-order valence-electron chi connectivity index (χ3n) is 3.65. The maximum absolute atomic E-state index is 12.4. The van der Waals surface area contributed by atoms with Gasteiger partial charge in [0.25, 0.3) is 0 Å². The number of carboxylic acid groups (broad SMARTS) is 1. The summed E-state index contributed by atoms with van der Waals surface area (Å²) in [6.45, 7) is 3.52. The van der Waals surface area contributed by atoms with E-state index in [0.29, 0.717) is 12.1 Å². The van der Waals surface area contributed by atoms with Crippen LogP contribution in [-0.2, 0) is 16.0 Å². The van der Waals surface area contributed by atoms with Crippen LogP contribution in [0.15, 0.2) is 35.7 Å². The van der Waals surface area contributed by atoms with Crippen molar-refractivity contribution in [1.82, 2.24) is 9.88 Å². The van der Waals surface area contributed by atoms with Crippen LogP contribution in [0.3, 0.4) is 0 Å². The summed E-state index contributed by atoms with van der Waals surface area (Å²) < 4.78 is 0. The molecule has 0 saturated carbocycles. The van der Waals surface area contributed by atoms with Gasteiger partial charge >= 0.3 is 5.97 Å². The molecular weight excluding hydrogens is 312 g/mol. The van der Waals surface area contributed by atoms with E-state index in [4.69, 9.17) is 5.11 Å². The lowest BCUT2D eigenvalue weighted by Gasteiger charge is -2.26. The Morgan fingerprint density at radius 1 is 1.30 bits per heavy atom. The third-order valence-corrected chi connectivity index (χ3v) is 4.59. The molecule has 122 valence electrons. The first-order valence-corrected chi connectivity index (χ1v) is 8.40. The molecule has 2 aromatic rings. The summed E-state index contributed by atoms with van der Waals surface area (Å²) in [5.74, 6) is -1.20. The Kier molecular flexibility index (Phi) is 5.87. The van der Waals surface area contributed by atoms with Crippen LogP contribution in [-0.4, -0.2) is 39.5 Å². The minimum Gasteiger partial charge on any atom is -0.480 e. The average Bonchev–Trinajstić information content (AvgIpc) is 3.01. The van der Waals surface area contributed by atoms with Crippen LogP contribution in [0.2, 0.25) is 0 Å². The highest BCUT2D eigenvalue weighted by Gasteiger charge is 2.22. The van der Waals surface area contributed by atoms with Crippen LogP contribution >= 0.6 is 11.3 Å². The molecule has 0 saturated heterocycles. The molecule has 2 rings (SSSR count). The molecule has 1 atom stereocenters. The number of hydrogen-bond donors (Lipinski definition) is 1. The number of aliphatic carboxylic acids is 1. The monoisotopic (exact) mass is 332 g/mol. The van der Waals surface area contributed by atoms with Crippen molar-refractivity contribution in [3.05, 3.63) is 41.4 Å². The molecule has 1 aromatic carbocycles. The second kappa shape index (κ2) is 7.87. The first-order valence-electron chi connectivity index (χ1n) is 7.52. The number of nitrogens with zero attached hydrogens (tertiary/aromatic N) is 2. The Labute approximate surface area is 139 Å². The molecule has 1 unspecified atom stereocenters. The van der Waals surface area contributed by atoms with Gasteiger partial charge in [-0.1, -0.05) is 37.3 Å². The van der Waals surface area contributed by atoms with E-state index >= 15 is 0 Å². The number of aromatic nitrogens is 1. The summed E-state index contributed by atoms with van der Waals surface area (Å²) in [7, 11) is 0. The van der Waals surface area contributed by atoms with Gasteiger partial charge in [-0.05, 0) is 13.3 Å². The molecule has 0 aliphatic rings. The Morgan fingerprint density at radius 3 is 2.61 bits per heavy atom. The summed E-state index contributed by atoms with van der Waals surface area (Å²) in [6, 6.07) is 9.67. The van der Waals surface area contributed by atoms with E-state index in [1.807, 2.05) is 49.6 Å². The van der Waals surface area contributed by atoms with Crippen molar-refractivity contribution in [2.75, 3.05) is 6.54 Å². The Morgan fingerprint density at radius 2 is 2.00 bits per heavy atom. The molecule has 1 amide bonds. The fraction of sp³-hybridized carbons (Fsp3) is 0.353. The van der Waals surface area contributed by atoms with Crippen molar-refractivity contribution >= 4 is 23.2 Å². The van der Waals surface area contributed by atoms with E-state index in [-0.39, 0.29) is 24.9 Å². The lowest BCUT2D eigenvalue weighted by atomic mass is 10.2. The molecule has 1 N–H and O–H groups in total. The molecule has 23 heavy (non-hydrogen) atoms. The maximum atomic E-state index is 12.4. The van der Waals surface area contributed by atoms with E-state index in [9.17, 15) is 9.59 Å². The van der Waals surface area contributed by atoms with E-state index in [0.717, 1.165) is 10.6 Å². The molecule has 1 heterocycles. The molecule has 0 bridgehead atoms. The van der Waals surface area contributed by atoms with Gasteiger partial charge in [0.05, 0.1) is 12.1 Å². The summed E-state index contributed by atoms with van der Waals surface area (Å²) >= 11 is 1.49. The van der Waals surface area contributed by atoms with Crippen molar-refractivity contribution in [2.24, 2.45) is 0 Å². The summed E-state index contributed by atoms with van der Waals surface area (Å²) in [4.78, 5) is 29.3. The van der Waals surface area contributed by atoms with E-state index in [1.54, 1.807) is 0 Å². The highest BCUT2D eigenvalue weighted by Crippen LogP contribution is 2.23. The van der Waals surface area contributed by atoms with Crippen LogP contribution in [0.25, 0.3) is 10.6 Å². The second-order valence-electron chi connectivity index (χ2n) is 5.36. The van der Waals surface area contributed by atoms with Gasteiger partial charge in [-0.15, -0.1) is 11.3 Å². The largest absolute Gasteiger partial charge is 0.480 e. The lowest BCUT2D eigenvalue weighted by Crippen LogP contribution is -2.42. The Hall–Kier alpha value is -2.21. The number of carboxylic acids is 1. The van der Waals surface area contributed by atoms with Crippen LogP contribution in [0, 0.1) is 0 Å². The van der Waals surface area contributed by atoms with Gasteiger partial charge in [0, 0.05) is 17.0 Å². The number of carbonyl (C=O) groups excluding carboxylic acids is 1. The van der Waals surface area contributed by atoms with Gasteiger partial charge in [0.1, 0.15) is 11.6 Å². The van der Waals surface area contributed by atoms with E-state index in [1.165, 1.54) is 16.2 Å². The van der Waals surface area contributed by atoms with Gasteiger partial charge in [0.15, 0.2) is 0 Å². The normalized spacial score (nSPS) is 11.9. The topological polar surface area (TPSA) is 70.5 Å². The Bertz CT molecular complexity index is 669. The first-order chi connectivity index (χ1) is 11.0. The van der Waals surface area contributed by atoms with Crippen LogP contribution in [0.4, 0.5) is 0 Å². The zero-order chi connectivity index (χ0) is 16.8. The third kappa shape index (κ3) is 4.63. The van der Waals surface area contributed by atoms with Crippen molar-refractivity contribution in [3.63, 3.8) is 0 Å². The molecule has 0 fully saturated rings. The molecular formula is C17H20N2O3S. The van der Waals surface area contributed by atoms with Gasteiger partial charge in [-0.2, -0.15) is 0 Å². The van der Waals surface area contributed by atoms with Crippen molar-refractivity contribution in [3.8, 4) is 10.6 Å². The molecule has 0 spiro atoms. The fourth-order valence-electron chi connectivity index (χ4n) is 2.21. The maximum Gasteiger partial charge on any atom is 0.323 e. The van der Waals surface area contributed by atoms with Gasteiger partial charge in [-0.3, -0.25) is 9.59 Å². The van der Waals surface area contributed by atoms with Crippen LogP contribution < -0.4 is 0 Å². The smallest absolute Gasteiger partial charge is 0.323 e. The lowest BCUT2D eigenvalue weighted by molar-refractivity contribution is -0.145. The summed E-state index contributed by atoms with van der Waals surface area (Å²) in [6.07, 6.45) is 0.840. The van der Waals surface area contributed by atoms with Crippen LogP contribution in [0.5, 0.6) is 0 Å². The van der Waals surface area contributed by atoms with E-state index in [2.05, 4.69) is 4.98 Å². The van der Waals surface area contributed by atoms with E-state index < -0.39 is 5.97 Å². The highest BCUT2D eigenvalue weighted by molar-refractivity contribution is 7.13. The zero-order valence-corrected chi connectivity index (χ0v) is 14.0. The fourth-order valence-corrected chi connectivity index (χ4v) is 3.04. The van der Waals surface area contributed by atoms with Gasteiger partial charge in [0.2, 0.25) is 5.91 Å². The van der Waals surface area contributed by atoms with Crippen LogP contribution in [0.1, 0.15) is 26.0 Å². The van der Waals surface area contributed by atoms with Crippen molar-refractivity contribution in [1.29, 1.82) is 0 Å². The number of thiazole rings is 1. The number of rotatable bonds is 7. The molecule has 1 aromatic heterocycles. The van der Waals surface area contributed by atoms with Gasteiger partial charge in [-0.25, -0.2) is 4.98 Å². The predicted molar refractivity (Wildman–Crippen MR) is 90.4 cm³/mol. The summed E-state index contributed by atoms with van der Waals surface area (Å²) in [5.41, 5.74) is 1.69. The predicted octanol–water partition coefficient (Wildman–Crippen LogP) is 3.06. The van der Waals surface area contributed by atoms with Crippen molar-refractivity contribution in [2.45, 2.75) is 32.7 Å². The minimum absolute atomic E-state index is 0.106. The standard InChI is InChI=1S/C17H20N2O3S/c1-3-12(2)19(10-16(21)22)15(20)9-14-11-23-17(18-14)13-7-5-4-6-8-13/h4-8,11-12H,3,9-10H2,1-2H3,(H,21,22). The Balaban J connectivity index is 2.10. The highest BCUT2D eigenvalue weighted by atomic mass is 32.1. The zero-order valence-electron chi connectivity index (χ0n) is 13.2. The summed E-state index contributed by atoms with van der Waals surface area (Å²) in [5, 5.41) is 11.7. The minimum atomic E-state index is -0.998. The number of carbonyl (C=O) groups is 2. The van der Waals surface area contributed by atoms with Crippen molar-refractivity contribution < 1.29 is 14.7 Å². The average molecular weight is 332 g/mol. The quantitative estimate of drug-likeness (QED) is 0.846. The molecule has 0 aliphatic heterocycles. The number of benzene rings is 1.